The van der Waals surface area contributed by atoms with Crippen molar-refractivity contribution in [2.45, 2.75) is 13.3 Å². The lowest BCUT2D eigenvalue weighted by Crippen LogP contribution is -1.94. The van der Waals surface area contributed by atoms with E-state index in [-0.39, 0.29) is 0 Å². The van der Waals surface area contributed by atoms with Gasteiger partial charge in [-0.05, 0) is 36.8 Å². The SMILES string of the molecule is Cc1nc(-c2ccc(Cl)cc2Cl)ccc1CC#N. The third-order valence-electron chi connectivity index (χ3n) is 2.67. The number of pyridine rings is 1. The summed E-state index contributed by atoms with van der Waals surface area (Å²) in [5.41, 5.74) is 3.41. The molecule has 18 heavy (non-hydrogen) atoms. The van der Waals surface area contributed by atoms with E-state index in [1.54, 1.807) is 12.1 Å². The largest absolute Gasteiger partial charge is 0.253 e. The monoisotopic (exact) mass is 276 g/mol. The zero-order valence-electron chi connectivity index (χ0n) is 9.74. The summed E-state index contributed by atoms with van der Waals surface area (Å²) in [5.74, 6) is 0. The van der Waals surface area contributed by atoms with Gasteiger partial charge in [-0.2, -0.15) is 5.26 Å². The van der Waals surface area contributed by atoms with E-state index in [1.807, 2.05) is 25.1 Å². The molecule has 0 aliphatic heterocycles. The normalized spacial score (nSPS) is 10.1. The Hall–Kier alpha value is -1.56. The van der Waals surface area contributed by atoms with Gasteiger partial charge in [0, 0.05) is 16.3 Å². The van der Waals surface area contributed by atoms with Gasteiger partial charge in [-0.15, -0.1) is 0 Å². The predicted molar refractivity (Wildman–Crippen MR) is 73.7 cm³/mol. The average Bonchev–Trinajstić information content (AvgIpc) is 2.32. The summed E-state index contributed by atoms with van der Waals surface area (Å²) >= 11 is 12.0. The van der Waals surface area contributed by atoms with E-state index >= 15 is 0 Å². The Morgan fingerprint density at radius 1 is 1.22 bits per heavy atom. The van der Waals surface area contributed by atoms with Gasteiger partial charge < -0.3 is 0 Å². The molecule has 0 N–H and O–H groups in total. The molecule has 0 bridgehead atoms. The molecule has 0 atom stereocenters. The molecule has 4 heteroatoms. The summed E-state index contributed by atoms with van der Waals surface area (Å²) in [6.07, 6.45) is 0.369. The van der Waals surface area contributed by atoms with Crippen molar-refractivity contribution >= 4 is 23.2 Å². The van der Waals surface area contributed by atoms with Crippen molar-refractivity contribution in [3.63, 3.8) is 0 Å². The third kappa shape index (κ3) is 2.64. The highest BCUT2D eigenvalue weighted by atomic mass is 35.5. The van der Waals surface area contributed by atoms with E-state index < -0.39 is 0 Å². The molecule has 2 aromatic rings. The van der Waals surface area contributed by atoms with Gasteiger partial charge >= 0.3 is 0 Å². The molecule has 0 saturated carbocycles. The van der Waals surface area contributed by atoms with E-state index in [0.29, 0.717) is 16.5 Å². The fourth-order valence-electron chi connectivity index (χ4n) is 1.71. The summed E-state index contributed by atoms with van der Waals surface area (Å²) in [6, 6.07) is 11.2. The number of nitriles is 1. The van der Waals surface area contributed by atoms with Gasteiger partial charge in [-0.1, -0.05) is 29.3 Å². The van der Waals surface area contributed by atoms with Crippen molar-refractivity contribution in [1.29, 1.82) is 5.26 Å². The van der Waals surface area contributed by atoms with Crippen LogP contribution in [0.2, 0.25) is 10.0 Å². The maximum atomic E-state index is 8.69. The molecule has 2 nitrogen and oxygen atoms in total. The zero-order valence-corrected chi connectivity index (χ0v) is 11.3. The van der Waals surface area contributed by atoms with Crippen LogP contribution in [0.25, 0.3) is 11.3 Å². The Morgan fingerprint density at radius 3 is 2.61 bits per heavy atom. The fourth-order valence-corrected chi connectivity index (χ4v) is 2.21. The van der Waals surface area contributed by atoms with Crippen LogP contribution in [-0.2, 0) is 6.42 Å². The van der Waals surface area contributed by atoms with Crippen molar-refractivity contribution in [1.82, 2.24) is 4.98 Å². The fraction of sp³-hybridized carbons (Fsp3) is 0.143. The third-order valence-corrected chi connectivity index (χ3v) is 3.22. The number of hydrogen-bond donors (Lipinski definition) is 0. The topological polar surface area (TPSA) is 36.7 Å². The summed E-state index contributed by atoms with van der Waals surface area (Å²) in [7, 11) is 0. The number of rotatable bonds is 2. The van der Waals surface area contributed by atoms with E-state index in [2.05, 4.69) is 11.1 Å². The minimum absolute atomic E-state index is 0.369. The highest BCUT2D eigenvalue weighted by Crippen LogP contribution is 2.29. The molecular weight excluding hydrogens is 267 g/mol. The Kier molecular flexibility index (Phi) is 3.86. The van der Waals surface area contributed by atoms with E-state index in [4.69, 9.17) is 28.5 Å². The first kappa shape index (κ1) is 12.9. The van der Waals surface area contributed by atoms with Crippen LogP contribution in [-0.4, -0.2) is 4.98 Å². The van der Waals surface area contributed by atoms with Gasteiger partial charge in [0.2, 0.25) is 0 Å². The predicted octanol–water partition coefficient (Wildman–Crippen LogP) is 4.43. The summed E-state index contributed by atoms with van der Waals surface area (Å²) in [5, 5.41) is 9.86. The van der Waals surface area contributed by atoms with Gasteiger partial charge in [-0.3, -0.25) is 4.98 Å². The maximum Gasteiger partial charge on any atom is 0.0720 e. The van der Waals surface area contributed by atoms with E-state index in [1.165, 1.54) is 0 Å². The Bertz CT molecular complexity index is 630. The van der Waals surface area contributed by atoms with Crippen LogP contribution in [0.5, 0.6) is 0 Å². The van der Waals surface area contributed by atoms with Crippen LogP contribution in [0, 0.1) is 18.3 Å². The van der Waals surface area contributed by atoms with Gasteiger partial charge in [0.25, 0.3) is 0 Å². The quantitative estimate of drug-likeness (QED) is 0.814. The number of benzene rings is 1. The van der Waals surface area contributed by atoms with Crippen molar-refractivity contribution in [2.24, 2.45) is 0 Å². The molecule has 0 spiro atoms. The van der Waals surface area contributed by atoms with Crippen LogP contribution >= 0.6 is 23.2 Å². The molecule has 1 aromatic heterocycles. The number of nitrogens with zero attached hydrogens (tertiary/aromatic N) is 2. The molecule has 0 fully saturated rings. The molecule has 90 valence electrons. The Balaban J connectivity index is 2.46. The molecule has 0 amide bonds. The second kappa shape index (κ2) is 5.39. The van der Waals surface area contributed by atoms with E-state index in [9.17, 15) is 0 Å². The zero-order chi connectivity index (χ0) is 13.1. The molecule has 0 aliphatic carbocycles. The van der Waals surface area contributed by atoms with Crippen molar-refractivity contribution in [3.05, 3.63) is 51.6 Å². The second-order valence-electron chi connectivity index (χ2n) is 3.90. The summed E-state index contributed by atoms with van der Waals surface area (Å²) in [6.45, 7) is 1.89. The first-order valence-corrected chi connectivity index (χ1v) is 6.16. The Morgan fingerprint density at radius 2 is 2.00 bits per heavy atom. The highest BCUT2D eigenvalue weighted by molar-refractivity contribution is 6.36. The van der Waals surface area contributed by atoms with Crippen molar-refractivity contribution in [3.8, 4) is 17.3 Å². The van der Waals surface area contributed by atoms with Crippen LogP contribution < -0.4 is 0 Å². The smallest absolute Gasteiger partial charge is 0.0720 e. The summed E-state index contributed by atoms with van der Waals surface area (Å²) < 4.78 is 0. The van der Waals surface area contributed by atoms with Gasteiger partial charge in [0.1, 0.15) is 0 Å². The molecule has 0 unspecified atom stereocenters. The maximum absolute atomic E-state index is 8.69. The Labute approximate surface area is 116 Å². The number of aryl methyl sites for hydroxylation is 1. The lowest BCUT2D eigenvalue weighted by atomic mass is 10.1. The number of hydrogen-bond acceptors (Lipinski definition) is 2. The molecule has 1 aromatic carbocycles. The first-order chi connectivity index (χ1) is 8.61. The van der Waals surface area contributed by atoms with Crippen LogP contribution in [0.1, 0.15) is 11.3 Å². The molecule has 1 heterocycles. The van der Waals surface area contributed by atoms with Crippen LogP contribution in [0.3, 0.4) is 0 Å². The molecule has 0 saturated heterocycles. The minimum atomic E-state index is 0.369. The van der Waals surface area contributed by atoms with Crippen molar-refractivity contribution in [2.75, 3.05) is 0 Å². The number of halogens is 2. The molecule has 0 aliphatic rings. The lowest BCUT2D eigenvalue weighted by Gasteiger charge is -2.07. The minimum Gasteiger partial charge on any atom is -0.253 e. The first-order valence-electron chi connectivity index (χ1n) is 5.40. The van der Waals surface area contributed by atoms with Gasteiger partial charge in [0.15, 0.2) is 0 Å². The van der Waals surface area contributed by atoms with Gasteiger partial charge in [-0.25, -0.2) is 0 Å². The second-order valence-corrected chi connectivity index (χ2v) is 4.74. The molecule has 0 radical (unpaired) electrons. The molecular formula is C14H10Cl2N2. The average molecular weight is 277 g/mol. The molecule has 2 rings (SSSR count). The van der Waals surface area contributed by atoms with Crippen LogP contribution in [0.4, 0.5) is 0 Å². The lowest BCUT2D eigenvalue weighted by molar-refractivity contribution is 1.11. The van der Waals surface area contributed by atoms with Gasteiger partial charge in [0.05, 0.1) is 23.2 Å². The number of aromatic nitrogens is 1. The highest BCUT2D eigenvalue weighted by Gasteiger charge is 2.07. The standard InChI is InChI=1S/C14H10Cl2N2/c1-9-10(6-7-17)2-5-14(18-9)12-4-3-11(15)8-13(12)16/h2-5,8H,6H2,1H3. The van der Waals surface area contributed by atoms with Crippen molar-refractivity contribution < 1.29 is 0 Å². The van der Waals surface area contributed by atoms with E-state index in [0.717, 1.165) is 22.5 Å². The van der Waals surface area contributed by atoms with Crippen LogP contribution in [0.15, 0.2) is 30.3 Å². The summed E-state index contributed by atoms with van der Waals surface area (Å²) in [4.78, 5) is 4.47.